The Morgan fingerprint density at radius 1 is 1.24 bits per heavy atom. The predicted octanol–water partition coefficient (Wildman–Crippen LogP) is 3.45. The van der Waals surface area contributed by atoms with Gasteiger partial charge in [0, 0.05) is 36.6 Å². The number of aryl methyl sites for hydroxylation is 1. The average molecular weight is 286 g/mol. The molecule has 4 heteroatoms. The molecule has 2 aromatic rings. The van der Waals surface area contributed by atoms with Crippen LogP contribution in [0.2, 0.25) is 0 Å². The van der Waals surface area contributed by atoms with Crippen LogP contribution in [0.15, 0.2) is 30.6 Å². The van der Waals surface area contributed by atoms with Gasteiger partial charge in [0.2, 0.25) is 0 Å². The SMILES string of the molecule is CCCNC(Cc1ccn(C(C)C)n1)c1ccc(C)nc1. The molecule has 2 heterocycles. The predicted molar refractivity (Wildman–Crippen MR) is 86.3 cm³/mol. The molecule has 0 bridgehead atoms. The molecule has 0 spiro atoms. The van der Waals surface area contributed by atoms with E-state index in [1.54, 1.807) is 0 Å². The van der Waals surface area contributed by atoms with Gasteiger partial charge < -0.3 is 5.32 Å². The lowest BCUT2D eigenvalue weighted by atomic mass is 10.0. The van der Waals surface area contributed by atoms with Gasteiger partial charge in [0.1, 0.15) is 0 Å². The summed E-state index contributed by atoms with van der Waals surface area (Å²) >= 11 is 0. The highest BCUT2D eigenvalue weighted by Gasteiger charge is 2.14. The van der Waals surface area contributed by atoms with Crippen LogP contribution in [-0.4, -0.2) is 21.3 Å². The summed E-state index contributed by atoms with van der Waals surface area (Å²) in [6.07, 6.45) is 6.05. The fraction of sp³-hybridized carbons (Fsp3) is 0.529. The first-order valence-corrected chi connectivity index (χ1v) is 7.80. The van der Waals surface area contributed by atoms with Gasteiger partial charge in [0.15, 0.2) is 0 Å². The molecule has 0 amide bonds. The molecule has 0 aliphatic carbocycles. The van der Waals surface area contributed by atoms with Crippen molar-refractivity contribution in [3.05, 3.63) is 47.5 Å². The number of nitrogens with zero attached hydrogens (tertiary/aromatic N) is 3. The molecule has 2 aromatic heterocycles. The Balaban J connectivity index is 2.13. The topological polar surface area (TPSA) is 42.7 Å². The Morgan fingerprint density at radius 3 is 2.62 bits per heavy atom. The fourth-order valence-corrected chi connectivity index (χ4v) is 2.29. The normalized spacial score (nSPS) is 12.8. The van der Waals surface area contributed by atoms with E-state index in [9.17, 15) is 0 Å². The smallest absolute Gasteiger partial charge is 0.0643 e. The van der Waals surface area contributed by atoms with E-state index in [4.69, 9.17) is 0 Å². The van der Waals surface area contributed by atoms with Gasteiger partial charge in [-0.15, -0.1) is 0 Å². The minimum absolute atomic E-state index is 0.272. The fourth-order valence-electron chi connectivity index (χ4n) is 2.29. The first-order chi connectivity index (χ1) is 10.1. The van der Waals surface area contributed by atoms with E-state index in [0.717, 1.165) is 30.8 Å². The largest absolute Gasteiger partial charge is 0.310 e. The van der Waals surface area contributed by atoms with Crippen LogP contribution in [0.1, 0.15) is 56.2 Å². The van der Waals surface area contributed by atoms with Crippen LogP contribution in [0.25, 0.3) is 0 Å². The molecular formula is C17H26N4. The number of hydrogen-bond acceptors (Lipinski definition) is 3. The summed E-state index contributed by atoms with van der Waals surface area (Å²) in [7, 11) is 0. The Morgan fingerprint density at radius 2 is 2.05 bits per heavy atom. The van der Waals surface area contributed by atoms with E-state index in [0.29, 0.717) is 6.04 Å². The molecule has 114 valence electrons. The van der Waals surface area contributed by atoms with Gasteiger partial charge in [-0.25, -0.2) is 0 Å². The summed E-state index contributed by atoms with van der Waals surface area (Å²) in [5.41, 5.74) is 3.41. The minimum atomic E-state index is 0.272. The zero-order valence-corrected chi connectivity index (χ0v) is 13.5. The van der Waals surface area contributed by atoms with Gasteiger partial charge in [-0.05, 0) is 51.4 Å². The summed E-state index contributed by atoms with van der Waals surface area (Å²) < 4.78 is 2.01. The van der Waals surface area contributed by atoms with Gasteiger partial charge in [0.05, 0.1) is 5.69 Å². The Bertz CT molecular complexity index is 542. The maximum atomic E-state index is 4.66. The number of nitrogens with one attached hydrogen (secondary N) is 1. The molecule has 0 fully saturated rings. The zero-order chi connectivity index (χ0) is 15.2. The van der Waals surface area contributed by atoms with Crippen molar-refractivity contribution >= 4 is 0 Å². The molecular weight excluding hydrogens is 260 g/mol. The van der Waals surface area contributed by atoms with E-state index < -0.39 is 0 Å². The summed E-state index contributed by atoms with van der Waals surface area (Å²) in [4.78, 5) is 4.42. The van der Waals surface area contributed by atoms with E-state index in [1.807, 2.05) is 17.8 Å². The van der Waals surface area contributed by atoms with Gasteiger partial charge in [-0.3, -0.25) is 9.67 Å². The van der Waals surface area contributed by atoms with E-state index in [1.165, 1.54) is 5.56 Å². The van der Waals surface area contributed by atoms with Crippen LogP contribution < -0.4 is 5.32 Å². The van der Waals surface area contributed by atoms with Crippen molar-refractivity contribution in [2.75, 3.05) is 6.54 Å². The number of aromatic nitrogens is 3. The van der Waals surface area contributed by atoms with Crippen molar-refractivity contribution in [2.24, 2.45) is 0 Å². The second-order valence-electron chi connectivity index (χ2n) is 5.82. The maximum absolute atomic E-state index is 4.66. The molecule has 4 nitrogen and oxygen atoms in total. The summed E-state index contributed by atoms with van der Waals surface area (Å²) in [6.45, 7) is 9.50. The Labute approximate surface area is 127 Å². The molecule has 2 rings (SSSR count). The summed E-state index contributed by atoms with van der Waals surface area (Å²) in [5.74, 6) is 0. The molecule has 21 heavy (non-hydrogen) atoms. The van der Waals surface area contributed by atoms with Crippen LogP contribution in [-0.2, 0) is 6.42 Å². The Hall–Kier alpha value is -1.68. The lowest BCUT2D eigenvalue weighted by Crippen LogP contribution is -2.24. The molecule has 0 aliphatic rings. The average Bonchev–Trinajstić information content (AvgIpc) is 2.93. The highest BCUT2D eigenvalue weighted by atomic mass is 15.3. The standard InChI is InChI=1S/C17H26N4/c1-5-9-18-17(15-7-6-14(4)19-12-15)11-16-8-10-21(20-16)13(2)3/h6-8,10,12-13,17-18H,5,9,11H2,1-4H3. The van der Waals surface area contributed by atoms with Crippen molar-refractivity contribution < 1.29 is 0 Å². The van der Waals surface area contributed by atoms with Crippen molar-refractivity contribution in [3.63, 3.8) is 0 Å². The van der Waals surface area contributed by atoms with Crippen molar-refractivity contribution in [1.82, 2.24) is 20.1 Å². The van der Waals surface area contributed by atoms with E-state index in [2.05, 4.69) is 60.6 Å². The molecule has 1 unspecified atom stereocenters. The van der Waals surface area contributed by atoms with Gasteiger partial charge in [0.25, 0.3) is 0 Å². The number of rotatable bonds is 7. The highest BCUT2D eigenvalue weighted by Crippen LogP contribution is 2.18. The molecule has 0 saturated heterocycles. The zero-order valence-electron chi connectivity index (χ0n) is 13.5. The molecule has 0 aliphatic heterocycles. The second kappa shape index (κ2) is 7.36. The second-order valence-corrected chi connectivity index (χ2v) is 5.82. The molecule has 1 N–H and O–H groups in total. The summed E-state index contributed by atoms with van der Waals surface area (Å²) in [6, 6.07) is 7.02. The van der Waals surface area contributed by atoms with Crippen molar-refractivity contribution in [2.45, 2.75) is 52.6 Å². The third-order valence-electron chi connectivity index (χ3n) is 3.58. The van der Waals surface area contributed by atoms with Crippen LogP contribution in [0.3, 0.4) is 0 Å². The van der Waals surface area contributed by atoms with Gasteiger partial charge in [-0.2, -0.15) is 5.10 Å². The quantitative estimate of drug-likeness (QED) is 0.847. The number of hydrogen-bond donors (Lipinski definition) is 1. The number of pyridine rings is 1. The van der Waals surface area contributed by atoms with Gasteiger partial charge in [-0.1, -0.05) is 13.0 Å². The van der Waals surface area contributed by atoms with Crippen LogP contribution in [0.5, 0.6) is 0 Å². The third-order valence-corrected chi connectivity index (χ3v) is 3.58. The lowest BCUT2D eigenvalue weighted by Gasteiger charge is -2.18. The molecule has 0 aromatic carbocycles. The van der Waals surface area contributed by atoms with Crippen molar-refractivity contribution in [1.29, 1.82) is 0 Å². The highest BCUT2D eigenvalue weighted by molar-refractivity contribution is 5.19. The van der Waals surface area contributed by atoms with Crippen LogP contribution in [0.4, 0.5) is 0 Å². The Kier molecular flexibility index (Phi) is 5.51. The molecule has 0 saturated carbocycles. The first kappa shape index (κ1) is 15.7. The lowest BCUT2D eigenvalue weighted by molar-refractivity contribution is 0.498. The van der Waals surface area contributed by atoms with E-state index in [-0.39, 0.29) is 6.04 Å². The third kappa shape index (κ3) is 4.39. The minimum Gasteiger partial charge on any atom is -0.310 e. The van der Waals surface area contributed by atoms with E-state index >= 15 is 0 Å². The summed E-state index contributed by atoms with van der Waals surface area (Å²) in [5, 5.41) is 8.26. The molecule has 1 atom stereocenters. The monoisotopic (exact) mass is 286 g/mol. The molecule has 0 radical (unpaired) electrons. The first-order valence-electron chi connectivity index (χ1n) is 7.80. The van der Waals surface area contributed by atoms with Crippen molar-refractivity contribution in [3.8, 4) is 0 Å². The van der Waals surface area contributed by atoms with Crippen LogP contribution >= 0.6 is 0 Å². The maximum Gasteiger partial charge on any atom is 0.0643 e. The van der Waals surface area contributed by atoms with Gasteiger partial charge >= 0.3 is 0 Å². The van der Waals surface area contributed by atoms with Crippen LogP contribution in [0, 0.1) is 6.92 Å².